The standard InChI is InChI=1S/C16H28O/c1-13-7-10-15(11-8-13)16(17)12-9-14-5-3-2-4-6-14/h13-15H,2-12H2,1H3. The molecular formula is C16H28O. The number of rotatable bonds is 4. The van der Waals surface area contributed by atoms with Gasteiger partial charge in [-0.1, -0.05) is 51.9 Å². The van der Waals surface area contributed by atoms with E-state index in [0.717, 1.165) is 18.3 Å². The second-order valence-electron chi connectivity index (χ2n) is 6.47. The average Bonchev–Trinajstić information content (AvgIpc) is 2.38. The highest BCUT2D eigenvalue weighted by Crippen LogP contribution is 2.32. The van der Waals surface area contributed by atoms with Gasteiger partial charge in [0.1, 0.15) is 5.78 Å². The van der Waals surface area contributed by atoms with Crippen LogP contribution in [0, 0.1) is 17.8 Å². The molecule has 2 fully saturated rings. The third-order valence-corrected chi connectivity index (χ3v) is 4.99. The van der Waals surface area contributed by atoms with Gasteiger partial charge in [-0.15, -0.1) is 0 Å². The van der Waals surface area contributed by atoms with E-state index in [-0.39, 0.29) is 0 Å². The Morgan fingerprint density at radius 3 is 2.24 bits per heavy atom. The molecule has 0 radical (unpaired) electrons. The molecule has 1 heteroatoms. The molecule has 0 amide bonds. The van der Waals surface area contributed by atoms with Crippen LogP contribution in [0.2, 0.25) is 0 Å². The Morgan fingerprint density at radius 2 is 1.59 bits per heavy atom. The summed E-state index contributed by atoms with van der Waals surface area (Å²) in [5.74, 6) is 2.74. The van der Waals surface area contributed by atoms with Crippen molar-refractivity contribution in [3.8, 4) is 0 Å². The highest BCUT2D eigenvalue weighted by Gasteiger charge is 2.24. The summed E-state index contributed by atoms with van der Waals surface area (Å²) in [5, 5.41) is 0. The van der Waals surface area contributed by atoms with Gasteiger partial charge >= 0.3 is 0 Å². The first-order valence-corrected chi connectivity index (χ1v) is 7.78. The fourth-order valence-corrected chi connectivity index (χ4v) is 3.61. The smallest absolute Gasteiger partial charge is 0.135 e. The van der Waals surface area contributed by atoms with Gasteiger partial charge in [-0.3, -0.25) is 4.79 Å². The Kier molecular flexibility index (Phi) is 5.06. The van der Waals surface area contributed by atoms with Crippen LogP contribution < -0.4 is 0 Å². The van der Waals surface area contributed by atoms with Crippen LogP contribution in [-0.2, 0) is 4.79 Å². The molecule has 17 heavy (non-hydrogen) atoms. The zero-order valence-corrected chi connectivity index (χ0v) is 11.4. The molecule has 0 unspecified atom stereocenters. The summed E-state index contributed by atoms with van der Waals surface area (Å²) in [5.41, 5.74) is 0. The van der Waals surface area contributed by atoms with E-state index in [9.17, 15) is 4.79 Å². The van der Waals surface area contributed by atoms with Gasteiger partial charge in [-0.2, -0.15) is 0 Å². The van der Waals surface area contributed by atoms with E-state index in [4.69, 9.17) is 0 Å². The summed E-state index contributed by atoms with van der Waals surface area (Å²) < 4.78 is 0. The predicted molar refractivity (Wildman–Crippen MR) is 71.9 cm³/mol. The van der Waals surface area contributed by atoms with Crippen molar-refractivity contribution in [2.24, 2.45) is 17.8 Å². The zero-order valence-electron chi connectivity index (χ0n) is 11.4. The Balaban J connectivity index is 1.66. The molecule has 0 bridgehead atoms. The fraction of sp³-hybridized carbons (Fsp3) is 0.938. The Labute approximate surface area is 106 Å². The van der Waals surface area contributed by atoms with E-state index in [2.05, 4.69) is 6.92 Å². The molecule has 0 spiro atoms. The minimum atomic E-state index is 0.426. The Bertz CT molecular complexity index is 232. The number of Topliss-reactive ketones (excluding diaryl/α,β-unsaturated/α-hetero) is 1. The van der Waals surface area contributed by atoms with Crippen LogP contribution in [0.4, 0.5) is 0 Å². The largest absolute Gasteiger partial charge is 0.299 e. The molecule has 1 nitrogen and oxygen atoms in total. The third-order valence-electron chi connectivity index (χ3n) is 4.99. The van der Waals surface area contributed by atoms with E-state index in [1.165, 1.54) is 64.2 Å². The molecule has 0 heterocycles. The Hall–Kier alpha value is -0.330. The molecule has 2 aliphatic carbocycles. The van der Waals surface area contributed by atoms with Crippen LogP contribution in [-0.4, -0.2) is 5.78 Å². The highest BCUT2D eigenvalue weighted by molar-refractivity contribution is 5.81. The van der Waals surface area contributed by atoms with Gasteiger partial charge in [0.15, 0.2) is 0 Å². The van der Waals surface area contributed by atoms with Crippen molar-refractivity contribution in [3.05, 3.63) is 0 Å². The maximum absolute atomic E-state index is 12.1. The molecular weight excluding hydrogens is 208 g/mol. The lowest BCUT2D eigenvalue weighted by Crippen LogP contribution is -2.21. The lowest BCUT2D eigenvalue weighted by Gasteiger charge is -2.26. The van der Waals surface area contributed by atoms with Crippen molar-refractivity contribution in [2.45, 2.75) is 77.6 Å². The van der Waals surface area contributed by atoms with Gasteiger partial charge in [0.25, 0.3) is 0 Å². The van der Waals surface area contributed by atoms with Crippen LogP contribution >= 0.6 is 0 Å². The first-order chi connectivity index (χ1) is 8.25. The van der Waals surface area contributed by atoms with Crippen molar-refractivity contribution in [3.63, 3.8) is 0 Å². The average molecular weight is 236 g/mol. The monoisotopic (exact) mass is 236 g/mol. The molecule has 2 aliphatic rings. The number of hydrogen-bond donors (Lipinski definition) is 0. The predicted octanol–water partition coefficient (Wildman–Crippen LogP) is 4.74. The van der Waals surface area contributed by atoms with Gasteiger partial charge in [-0.25, -0.2) is 0 Å². The quantitative estimate of drug-likeness (QED) is 0.689. The second kappa shape index (κ2) is 6.56. The summed E-state index contributed by atoms with van der Waals surface area (Å²) in [6, 6.07) is 0. The normalized spacial score (nSPS) is 31.4. The highest BCUT2D eigenvalue weighted by atomic mass is 16.1. The van der Waals surface area contributed by atoms with E-state index >= 15 is 0 Å². The van der Waals surface area contributed by atoms with E-state index in [0.29, 0.717) is 11.7 Å². The molecule has 0 saturated heterocycles. The van der Waals surface area contributed by atoms with Gasteiger partial charge < -0.3 is 0 Å². The summed E-state index contributed by atoms with van der Waals surface area (Å²) >= 11 is 0. The van der Waals surface area contributed by atoms with Crippen molar-refractivity contribution < 1.29 is 4.79 Å². The van der Waals surface area contributed by atoms with Crippen LogP contribution in [0.5, 0.6) is 0 Å². The maximum atomic E-state index is 12.1. The summed E-state index contributed by atoms with van der Waals surface area (Å²) in [4.78, 5) is 12.1. The van der Waals surface area contributed by atoms with E-state index in [1.54, 1.807) is 0 Å². The third kappa shape index (κ3) is 4.12. The topological polar surface area (TPSA) is 17.1 Å². The number of carbonyl (C=O) groups excluding carboxylic acids is 1. The van der Waals surface area contributed by atoms with Crippen molar-refractivity contribution in [1.82, 2.24) is 0 Å². The van der Waals surface area contributed by atoms with E-state index in [1.807, 2.05) is 0 Å². The molecule has 0 aliphatic heterocycles. The molecule has 2 saturated carbocycles. The molecule has 0 aromatic heterocycles. The number of hydrogen-bond acceptors (Lipinski definition) is 1. The summed E-state index contributed by atoms with van der Waals surface area (Å²) in [6.45, 7) is 2.32. The van der Waals surface area contributed by atoms with Crippen LogP contribution in [0.1, 0.15) is 77.6 Å². The first kappa shape index (κ1) is 13.1. The molecule has 2 rings (SSSR count). The zero-order chi connectivity index (χ0) is 12.1. The molecule has 0 atom stereocenters. The maximum Gasteiger partial charge on any atom is 0.135 e. The second-order valence-corrected chi connectivity index (χ2v) is 6.47. The van der Waals surface area contributed by atoms with Crippen molar-refractivity contribution >= 4 is 5.78 Å². The van der Waals surface area contributed by atoms with Crippen molar-refractivity contribution in [1.29, 1.82) is 0 Å². The van der Waals surface area contributed by atoms with Gasteiger partial charge in [0.05, 0.1) is 0 Å². The molecule has 0 aromatic rings. The summed E-state index contributed by atoms with van der Waals surface area (Å²) in [7, 11) is 0. The lowest BCUT2D eigenvalue weighted by atomic mass is 9.78. The first-order valence-electron chi connectivity index (χ1n) is 7.78. The van der Waals surface area contributed by atoms with Crippen LogP contribution in [0.25, 0.3) is 0 Å². The lowest BCUT2D eigenvalue weighted by molar-refractivity contribution is -0.124. The fourth-order valence-electron chi connectivity index (χ4n) is 3.61. The summed E-state index contributed by atoms with van der Waals surface area (Å²) in [6.07, 6.45) is 14.0. The van der Waals surface area contributed by atoms with E-state index < -0.39 is 0 Å². The number of ketones is 1. The van der Waals surface area contributed by atoms with Crippen molar-refractivity contribution in [2.75, 3.05) is 0 Å². The molecule has 0 aromatic carbocycles. The van der Waals surface area contributed by atoms with Crippen LogP contribution in [0.3, 0.4) is 0 Å². The van der Waals surface area contributed by atoms with Gasteiger partial charge in [0.2, 0.25) is 0 Å². The molecule has 98 valence electrons. The molecule has 0 N–H and O–H groups in total. The SMILES string of the molecule is CC1CCC(C(=O)CCC2CCCCC2)CC1. The van der Waals surface area contributed by atoms with Crippen LogP contribution in [0.15, 0.2) is 0 Å². The minimum Gasteiger partial charge on any atom is -0.299 e. The Morgan fingerprint density at radius 1 is 0.941 bits per heavy atom. The minimum absolute atomic E-state index is 0.426. The van der Waals surface area contributed by atoms with Gasteiger partial charge in [-0.05, 0) is 31.1 Å². The van der Waals surface area contributed by atoms with Gasteiger partial charge in [0, 0.05) is 12.3 Å². The number of carbonyl (C=O) groups is 1.